The molecule has 0 unspecified atom stereocenters. The Bertz CT molecular complexity index is 540. The Kier molecular flexibility index (Phi) is 3.45. The van der Waals surface area contributed by atoms with Crippen molar-refractivity contribution in [2.24, 2.45) is 0 Å². The number of nitrogens with zero attached hydrogens (tertiary/aromatic N) is 2. The van der Waals surface area contributed by atoms with Gasteiger partial charge in [0.1, 0.15) is 11.4 Å². The van der Waals surface area contributed by atoms with Crippen molar-refractivity contribution in [2.75, 3.05) is 5.73 Å². The summed E-state index contributed by atoms with van der Waals surface area (Å²) >= 11 is 0. The van der Waals surface area contributed by atoms with Crippen LogP contribution in [-0.4, -0.2) is 16.4 Å². The van der Waals surface area contributed by atoms with Gasteiger partial charge in [-0.1, -0.05) is 12.1 Å². The van der Waals surface area contributed by atoms with E-state index in [1.165, 1.54) is 6.07 Å². The third-order valence-electron chi connectivity index (χ3n) is 2.47. The molecule has 2 aromatic rings. The minimum atomic E-state index is -2.87. The number of hydrogen-bond acceptors (Lipinski definition) is 3. The lowest BCUT2D eigenvalue weighted by molar-refractivity contribution is -0.0494. The van der Waals surface area contributed by atoms with E-state index in [1.54, 1.807) is 29.1 Å². The molecule has 0 amide bonds. The first kappa shape index (κ1) is 12.3. The Hall–Kier alpha value is -2.11. The molecule has 0 aliphatic carbocycles. The quantitative estimate of drug-likeness (QED) is 0.911. The SMILES string of the molecule is CCn1cc(N)c(-c2ccccc2OC(F)F)n1. The molecule has 0 bridgehead atoms. The number of aromatic nitrogens is 2. The summed E-state index contributed by atoms with van der Waals surface area (Å²) < 4.78 is 30.7. The summed E-state index contributed by atoms with van der Waals surface area (Å²) in [6, 6.07) is 6.45. The number of benzene rings is 1. The number of para-hydroxylation sites is 1. The highest BCUT2D eigenvalue weighted by atomic mass is 19.3. The average Bonchev–Trinajstić information content (AvgIpc) is 2.70. The van der Waals surface area contributed by atoms with Crippen molar-refractivity contribution >= 4 is 5.69 Å². The second kappa shape index (κ2) is 5.03. The number of aryl methyl sites for hydroxylation is 1. The van der Waals surface area contributed by atoms with Crippen molar-refractivity contribution < 1.29 is 13.5 Å². The van der Waals surface area contributed by atoms with E-state index in [0.29, 0.717) is 23.5 Å². The van der Waals surface area contributed by atoms with Crippen LogP contribution in [0.5, 0.6) is 5.75 Å². The maximum atomic E-state index is 12.3. The van der Waals surface area contributed by atoms with E-state index >= 15 is 0 Å². The van der Waals surface area contributed by atoms with E-state index in [-0.39, 0.29) is 5.75 Å². The fourth-order valence-corrected chi connectivity index (χ4v) is 1.67. The maximum absolute atomic E-state index is 12.3. The van der Waals surface area contributed by atoms with Gasteiger partial charge in [0.25, 0.3) is 0 Å². The van der Waals surface area contributed by atoms with Gasteiger partial charge in [-0.05, 0) is 19.1 Å². The van der Waals surface area contributed by atoms with E-state index in [4.69, 9.17) is 5.73 Å². The number of alkyl halides is 2. The molecule has 0 aliphatic heterocycles. The fraction of sp³-hybridized carbons (Fsp3) is 0.250. The number of anilines is 1. The minimum Gasteiger partial charge on any atom is -0.434 e. The maximum Gasteiger partial charge on any atom is 0.387 e. The molecule has 1 aromatic carbocycles. The lowest BCUT2D eigenvalue weighted by atomic mass is 10.1. The number of rotatable bonds is 4. The largest absolute Gasteiger partial charge is 0.434 e. The van der Waals surface area contributed by atoms with Gasteiger partial charge in [-0.15, -0.1) is 0 Å². The first-order valence-corrected chi connectivity index (χ1v) is 5.49. The summed E-state index contributed by atoms with van der Waals surface area (Å²) in [5, 5.41) is 4.23. The molecule has 0 spiro atoms. The van der Waals surface area contributed by atoms with Crippen molar-refractivity contribution in [3.05, 3.63) is 30.5 Å². The first-order valence-electron chi connectivity index (χ1n) is 5.49. The van der Waals surface area contributed by atoms with Gasteiger partial charge in [0.05, 0.1) is 5.69 Å². The molecule has 4 nitrogen and oxygen atoms in total. The van der Waals surface area contributed by atoms with Crippen LogP contribution in [0.4, 0.5) is 14.5 Å². The highest BCUT2D eigenvalue weighted by Gasteiger charge is 2.15. The standard InChI is InChI=1S/C12H13F2N3O/c1-2-17-7-9(15)11(16-17)8-5-3-4-6-10(8)18-12(13)14/h3-7,12H,2,15H2,1H3. The van der Waals surface area contributed by atoms with Gasteiger partial charge >= 0.3 is 6.61 Å². The Labute approximate surface area is 103 Å². The normalized spacial score (nSPS) is 10.9. The highest BCUT2D eigenvalue weighted by molar-refractivity contribution is 5.76. The summed E-state index contributed by atoms with van der Waals surface area (Å²) in [6.45, 7) is -0.305. The van der Waals surface area contributed by atoms with Crippen LogP contribution in [0.1, 0.15) is 6.92 Å². The Morgan fingerprint density at radius 1 is 1.39 bits per heavy atom. The lowest BCUT2D eigenvalue weighted by Gasteiger charge is -2.09. The molecule has 0 radical (unpaired) electrons. The Morgan fingerprint density at radius 2 is 2.11 bits per heavy atom. The fourth-order valence-electron chi connectivity index (χ4n) is 1.67. The molecule has 2 N–H and O–H groups in total. The predicted molar refractivity (Wildman–Crippen MR) is 64.4 cm³/mol. The summed E-state index contributed by atoms with van der Waals surface area (Å²) in [5.41, 5.74) is 7.17. The lowest BCUT2D eigenvalue weighted by Crippen LogP contribution is -2.03. The van der Waals surface area contributed by atoms with E-state index in [0.717, 1.165) is 0 Å². The Balaban J connectivity index is 2.46. The molecule has 0 fully saturated rings. The number of hydrogen-bond donors (Lipinski definition) is 1. The summed E-state index contributed by atoms with van der Waals surface area (Å²) in [4.78, 5) is 0. The van der Waals surface area contributed by atoms with Crippen LogP contribution in [0.25, 0.3) is 11.3 Å². The second-order valence-corrected chi connectivity index (χ2v) is 3.66. The first-order chi connectivity index (χ1) is 8.61. The van der Waals surface area contributed by atoms with E-state index < -0.39 is 6.61 Å². The van der Waals surface area contributed by atoms with Gasteiger partial charge in [0, 0.05) is 18.3 Å². The molecule has 0 atom stereocenters. The van der Waals surface area contributed by atoms with Crippen molar-refractivity contribution in [2.45, 2.75) is 20.1 Å². The van der Waals surface area contributed by atoms with Crippen LogP contribution in [0, 0.1) is 0 Å². The third-order valence-corrected chi connectivity index (χ3v) is 2.47. The molecule has 96 valence electrons. The summed E-state index contributed by atoms with van der Waals surface area (Å²) in [5.74, 6) is 0.0700. The van der Waals surface area contributed by atoms with Crippen LogP contribution in [0.15, 0.2) is 30.5 Å². The van der Waals surface area contributed by atoms with Gasteiger partial charge in [-0.25, -0.2) is 0 Å². The van der Waals surface area contributed by atoms with Crippen LogP contribution in [0.2, 0.25) is 0 Å². The van der Waals surface area contributed by atoms with Crippen LogP contribution in [-0.2, 0) is 6.54 Å². The van der Waals surface area contributed by atoms with Crippen molar-refractivity contribution in [1.29, 1.82) is 0 Å². The minimum absolute atomic E-state index is 0.0700. The zero-order valence-corrected chi connectivity index (χ0v) is 9.81. The van der Waals surface area contributed by atoms with Crippen molar-refractivity contribution in [3.8, 4) is 17.0 Å². The molecule has 1 aromatic heterocycles. The molecule has 6 heteroatoms. The van der Waals surface area contributed by atoms with Crippen LogP contribution < -0.4 is 10.5 Å². The van der Waals surface area contributed by atoms with Gasteiger partial charge in [0.15, 0.2) is 0 Å². The molecule has 0 aliphatic rings. The molecule has 0 saturated heterocycles. The average molecular weight is 253 g/mol. The Morgan fingerprint density at radius 3 is 2.72 bits per heavy atom. The number of ether oxygens (including phenoxy) is 1. The van der Waals surface area contributed by atoms with Gasteiger partial charge < -0.3 is 10.5 Å². The van der Waals surface area contributed by atoms with E-state index in [2.05, 4.69) is 9.84 Å². The van der Waals surface area contributed by atoms with Crippen LogP contribution in [0.3, 0.4) is 0 Å². The van der Waals surface area contributed by atoms with Gasteiger partial charge in [-0.2, -0.15) is 13.9 Å². The number of nitrogens with two attached hydrogens (primary N) is 1. The van der Waals surface area contributed by atoms with E-state index in [1.807, 2.05) is 6.92 Å². The smallest absolute Gasteiger partial charge is 0.387 e. The van der Waals surface area contributed by atoms with Crippen LogP contribution >= 0.6 is 0 Å². The topological polar surface area (TPSA) is 53.1 Å². The molecular weight excluding hydrogens is 240 g/mol. The van der Waals surface area contributed by atoms with Crippen molar-refractivity contribution in [1.82, 2.24) is 9.78 Å². The van der Waals surface area contributed by atoms with E-state index in [9.17, 15) is 8.78 Å². The molecule has 1 heterocycles. The zero-order chi connectivity index (χ0) is 13.1. The number of halogens is 2. The van der Waals surface area contributed by atoms with Gasteiger partial charge in [0.2, 0.25) is 0 Å². The number of nitrogen functional groups attached to an aromatic ring is 1. The van der Waals surface area contributed by atoms with Crippen molar-refractivity contribution in [3.63, 3.8) is 0 Å². The van der Waals surface area contributed by atoms with Gasteiger partial charge in [-0.3, -0.25) is 4.68 Å². The summed E-state index contributed by atoms with van der Waals surface area (Å²) in [6.07, 6.45) is 1.66. The zero-order valence-electron chi connectivity index (χ0n) is 9.81. The highest BCUT2D eigenvalue weighted by Crippen LogP contribution is 2.33. The monoisotopic (exact) mass is 253 g/mol. The molecule has 2 rings (SSSR count). The molecule has 18 heavy (non-hydrogen) atoms. The molecule has 0 saturated carbocycles. The molecular formula is C12H13F2N3O. The third kappa shape index (κ3) is 2.42. The predicted octanol–water partition coefficient (Wildman–Crippen LogP) is 2.75. The summed E-state index contributed by atoms with van der Waals surface area (Å²) in [7, 11) is 0. The second-order valence-electron chi connectivity index (χ2n) is 3.66.